The van der Waals surface area contributed by atoms with Crippen molar-refractivity contribution in [2.24, 2.45) is 0 Å². The molecule has 26 heavy (non-hydrogen) atoms. The number of rotatable bonds is 7. The van der Waals surface area contributed by atoms with Gasteiger partial charge in [0.05, 0.1) is 6.61 Å². The Labute approximate surface area is 153 Å². The van der Waals surface area contributed by atoms with E-state index in [1.165, 1.54) is 0 Å². The van der Waals surface area contributed by atoms with Crippen LogP contribution in [0.2, 0.25) is 0 Å². The van der Waals surface area contributed by atoms with E-state index >= 15 is 0 Å². The number of hydrogen-bond donors (Lipinski definition) is 0. The first-order chi connectivity index (χ1) is 12.6. The Morgan fingerprint density at radius 2 is 1.92 bits per heavy atom. The number of ether oxygens (including phenoxy) is 2. The second-order valence-electron chi connectivity index (χ2n) is 6.73. The highest BCUT2D eigenvalue weighted by atomic mass is 16.6. The second-order valence-corrected chi connectivity index (χ2v) is 6.73. The van der Waals surface area contributed by atoms with Crippen LogP contribution in [0.5, 0.6) is 5.75 Å². The molecule has 1 aromatic carbocycles. The minimum Gasteiger partial charge on any atom is -0.481 e. The molecule has 3 rings (SSSR count). The second kappa shape index (κ2) is 8.39. The van der Waals surface area contributed by atoms with Crippen LogP contribution in [-0.4, -0.2) is 19.2 Å². The topological polar surface area (TPSA) is 65.7 Å². The quantitative estimate of drug-likeness (QED) is 0.426. The fourth-order valence-corrected chi connectivity index (χ4v) is 3.43. The first kappa shape index (κ1) is 18.5. The zero-order chi connectivity index (χ0) is 18.5. The normalized spacial score (nSPS) is 13.5. The van der Waals surface area contributed by atoms with Crippen LogP contribution in [0.4, 0.5) is 0 Å². The highest BCUT2D eigenvalue weighted by Crippen LogP contribution is 2.32. The summed E-state index contributed by atoms with van der Waals surface area (Å²) < 4.78 is 16.3. The Kier molecular flexibility index (Phi) is 5.96. The molecule has 1 aliphatic carbocycles. The average molecular weight is 358 g/mol. The standard InChI is InChI=1S/C21H26O5/c1-3-5-10-24-20(22)13-25-18-12-19-17(11-14(18)4-2)15-8-6-7-9-16(15)21(23)26-19/h11-12H,3-10,13H2,1-2H3. The summed E-state index contributed by atoms with van der Waals surface area (Å²) in [5.41, 5.74) is 3.21. The average Bonchev–Trinajstić information content (AvgIpc) is 2.66. The molecule has 0 N–H and O–H groups in total. The lowest BCUT2D eigenvalue weighted by Gasteiger charge is -2.18. The number of hydrogen-bond acceptors (Lipinski definition) is 5. The lowest BCUT2D eigenvalue weighted by Crippen LogP contribution is -2.17. The number of unbranched alkanes of at least 4 members (excludes halogenated alkanes) is 1. The molecule has 5 heteroatoms. The monoisotopic (exact) mass is 358 g/mol. The summed E-state index contributed by atoms with van der Waals surface area (Å²) in [6, 6.07) is 3.78. The molecule has 0 fully saturated rings. The Morgan fingerprint density at radius 1 is 1.15 bits per heavy atom. The number of carbonyl (C=O) groups is 1. The van der Waals surface area contributed by atoms with Gasteiger partial charge >= 0.3 is 11.6 Å². The Bertz CT molecular complexity index is 850. The van der Waals surface area contributed by atoms with E-state index in [9.17, 15) is 9.59 Å². The van der Waals surface area contributed by atoms with Gasteiger partial charge in [-0.15, -0.1) is 0 Å². The maximum Gasteiger partial charge on any atom is 0.344 e. The summed E-state index contributed by atoms with van der Waals surface area (Å²) in [6.45, 7) is 4.36. The minimum atomic E-state index is -0.382. The van der Waals surface area contributed by atoms with E-state index in [1.54, 1.807) is 6.07 Å². The number of benzene rings is 1. The fraction of sp³-hybridized carbons (Fsp3) is 0.524. The van der Waals surface area contributed by atoms with Crippen molar-refractivity contribution < 1.29 is 18.7 Å². The molecule has 0 unspecified atom stereocenters. The van der Waals surface area contributed by atoms with Crippen molar-refractivity contribution in [3.8, 4) is 5.75 Å². The third kappa shape index (κ3) is 3.92. The van der Waals surface area contributed by atoms with Gasteiger partial charge in [-0.3, -0.25) is 0 Å². The Balaban J connectivity index is 1.87. The summed E-state index contributed by atoms with van der Waals surface area (Å²) >= 11 is 0. The highest BCUT2D eigenvalue weighted by molar-refractivity contribution is 5.84. The first-order valence-electron chi connectivity index (χ1n) is 9.54. The van der Waals surface area contributed by atoms with Gasteiger partial charge in [0.15, 0.2) is 6.61 Å². The van der Waals surface area contributed by atoms with Crippen LogP contribution in [0.1, 0.15) is 56.2 Å². The molecule has 5 nitrogen and oxygen atoms in total. The van der Waals surface area contributed by atoms with Crippen molar-refractivity contribution in [3.05, 3.63) is 39.2 Å². The van der Waals surface area contributed by atoms with Gasteiger partial charge in [-0.1, -0.05) is 20.3 Å². The van der Waals surface area contributed by atoms with Crippen LogP contribution in [0.25, 0.3) is 11.0 Å². The molecule has 0 radical (unpaired) electrons. The van der Waals surface area contributed by atoms with E-state index in [4.69, 9.17) is 13.9 Å². The van der Waals surface area contributed by atoms with Crippen molar-refractivity contribution in [3.63, 3.8) is 0 Å². The van der Waals surface area contributed by atoms with E-state index in [2.05, 4.69) is 0 Å². The fourth-order valence-electron chi connectivity index (χ4n) is 3.43. The summed E-state index contributed by atoms with van der Waals surface area (Å²) in [5.74, 6) is 0.193. The first-order valence-corrected chi connectivity index (χ1v) is 9.54. The van der Waals surface area contributed by atoms with Crippen molar-refractivity contribution in [2.75, 3.05) is 13.2 Å². The molecule has 1 heterocycles. The molecule has 1 aromatic heterocycles. The SMILES string of the molecule is CCCCOC(=O)COc1cc2oc(=O)c3c(c2cc1CC)CCCC3. The van der Waals surface area contributed by atoms with E-state index in [1.807, 2.05) is 19.9 Å². The van der Waals surface area contributed by atoms with Gasteiger partial charge in [0, 0.05) is 17.0 Å². The van der Waals surface area contributed by atoms with Gasteiger partial charge in [-0.05, 0) is 55.7 Å². The highest BCUT2D eigenvalue weighted by Gasteiger charge is 2.20. The van der Waals surface area contributed by atoms with E-state index in [0.29, 0.717) is 17.9 Å². The number of carbonyl (C=O) groups excluding carboxylic acids is 1. The van der Waals surface area contributed by atoms with Crippen LogP contribution in [-0.2, 0) is 28.8 Å². The molecule has 0 bridgehead atoms. The maximum atomic E-state index is 12.3. The van der Waals surface area contributed by atoms with E-state index in [-0.39, 0.29) is 18.2 Å². The molecule has 0 atom stereocenters. The van der Waals surface area contributed by atoms with Crippen molar-refractivity contribution in [2.45, 2.75) is 58.8 Å². The Morgan fingerprint density at radius 3 is 2.65 bits per heavy atom. The van der Waals surface area contributed by atoms with Crippen LogP contribution < -0.4 is 10.4 Å². The summed E-state index contributed by atoms with van der Waals surface area (Å²) in [6.07, 6.45) is 6.41. The number of esters is 1. The van der Waals surface area contributed by atoms with Crippen LogP contribution in [0.15, 0.2) is 21.3 Å². The minimum absolute atomic E-state index is 0.141. The van der Waals surface area contributed by atoms with Crippen molar-refractivity contribution >= 4 is 16.9 Å². The molecule has 0 saturated heterocycles. The number of aryl methyl sites for hydroxylation is 2. The molecular formula is C21H26O5. The van der Waals surface area contributed by atoms with Gasteiger partial charge < -0.3 is 13.9 Å². The smallest absolute Gasteiger partial charge is 0.344 e. The molecule has 0 aliphatic heterocycles. The predicted octanol–water partition coefficient (Wildman–Crippen LogP) is 3.96. The Hall–Kier alpha value is -2.30. The largest absolute Gasteiger partial charge is 0.481 e. The van der Waals surface area contributed by atoms with E-state index < -0.39 is 0 Å². The number of fused-ring (bicyclic) bond motifs is 3. The zero-order valence-electron chi connectivity index (χ0n) is 15.6. The van der Waals surface area contributed by atoms with Crippen LogP contribution in [0, 0.1) is 0 Å². The van der Waals surface area contributed by atoms with Crippen LogP contribution >= 0.6 is 0 Å². The van der Waals surface area contributed by atoms with Crippen LogP contribution in [0.3, 0.4) is 0 Å². The summed E-state index contributed by atoms with van der Waals surface area (Å²) in [7, 11) is 0. The molecule has 0 spiro atoms. The molecule has 1 aliphatic rings. The van der Waals surface area contributed by atoms with Gasteiger partial charge in [-0.25, -0.2) is 9.59 Å². The third-order valence-electron chi connectivity index (χ3n) is 4.89. The van der Waals surface area contributed by atoms with Gasteiger partial charge in [0.2, 0.25) is 0 Å². The van der Waals surface area contributed by atoms with Crippen molar-refractivity contribution in [1.82, 2.24) is 0 Å². The molecule has 140 valence electrons. The molecular weight excluding hydrogens is 332 g/mol. The van der Waals surface area contributed by atoms with Crippen molar-refractivity contribution in [1.29, 1.82) is 0 Å². The molecule has 0 amide bonds. The van der Waals surface area contributed by atoms with Gasteiger partial charge in [0.1, 0.15) is 11.3 Å². The lowest BCUT2D eigenvalue weighted by molar-refractivity contribution is -0.146. The maximum absolute atomic E-state index is 12.3. The molecule has 0 saturated carbocycles. The summed E-state index contributed by atoms with van der Waals surface area (Å²) in [4.78, 5) is 24.1. The van der Waals surface area contributed by atoms with Gasteiger partial charge in [0.25, 0.3) is 0 Å². The predicted molar refractivity (Wildman–Crippen MR) is 99.9 cm³/mol. The third-order valence-corrected chi connectivity index (χ3v) is 4.89. The van der Waals surface area contributed by atoms with E-state index in [0.717, 1.165) is 67.0 Å². The zero-order valence-corrected chi connectivity index (χ0v) is 15.6. The summed E-state index contributed by atoms with van der Waals surface area (Å²) in [5, 5.41) is 0.994. The lowest BCUT2D eigenvalue weighted by atomic mass is 9.90. The molecule has 2 aromatic rings. The van der Waals surface area contributed by atoms with Gasteiger partial charge in [-0.2, -0.15) is 0 Å².